The number of hydrogen-bond donors (Lipinski definition) is 1. The van der Waals surface area contributed by atoms with E-state index in [1.807, 2.05) is 0 Å². The van der Waals surface area contributed by atoms with Gasteiger partial charge in [-0.15, -0.1) is 0 Å². The third kappa shape index (κ3) is 2.25. The molecule has 0 aromatic heterocycles. The van der Waals surface area contributed by atoms with Crippen molar-refractivity contribution in [3.8, 4) is 0 Å². The smallest absolute Gasteiger partial charge is 0.130 e. The van der Waals surface area contributed by atoms with Crippen LogP contribution >= 0.6 is 0 Å². The maximum absolute atomic E-state index is 13.4. The van der Waals surface area contributed by atoms with Crippen molar-refractivity contribution in [2.45, 2.75) is 26.1 Å². The van der Waals surface area contributed by atoms with Crippen LogP contribution in [-0.4, -0.2) is 0 Å². The molecule has 3 heteroatoms. The average molecular weight is 185 g/mol. The third-order valence-electron chi connectivity index (χ3n) is 1.95. The first-order valence-electron chi connectivity index (χ1n) is 4.13. The van der Waals surface area contributed by atoms with Gasteiger partial charge < -0.3 is 5.73 Å². The number of hydrogen-bond acceptors (Lipinski definition) is 1. The molecule has 0 unspecified atom stereocenters. The molecule has 0 fully saturated rings. The summed E-state index contributed by atoms with van der Waals surface area (Å²) in [6.45, 7) is 2.96. The molecule has 0 aliphatic rings. The topological polar surface area (TPSA) is 26.0 Å². The number of halogens is 2. The quantitative estimate of drug-likeness (QED) is 0.752. The average Bonchev–Trinajstić information content (AvgIpc) is 2.03. The molecule has 1 aromatic rings. The minimum atomic E-state index is -1.45. The highest BCUT2D eigenvalue weighted by molar-refractivity contribution is 5.28. The van der Waals surface area contributed by atoms with E-state index in [2.05, 4.69) is 0 Å². The Morgan fingerprint density at radius 2 is 2.00 bits per heavy atom. The summed E-state index contributed by atoms with van der Waals surface area (Å²) in [7, 11) is 0. The molecule has 0 bridgehead atoms. The van der Waals surface area contributed by atoms with Gasteiger partial charge in [0.05, 0.1) is 0 Å². The van der Waals surface area contributed by atoms with Crippen LogP contribution in [0.2, 0.25) is 0 Å². The molecular weight excluding hydrogens is 172 g/mol. The largest absolute Gasteiger partial charge is 0.326 e. The minimum absolute atomic E-state index is 0.0930. The van der Waals surface area contributed by atoms with E-state index in [1.165, 1.54) is 32.0 Å². The van der Waals surface area contributed by atoms with Gasteiger partial charge in [0, 0.05) is 12.1 Å². The Kier molecular flexibility index (Phi) is 2.66. The molecule has 1 nitrogen and oxygen atoms in total. The monoisotopic (exact) mass is 185 g/mol. The molecule has 13 heavy (non-hydrogen) atoms. The Hall–Kier alpha value is -0.960. The van der Waals surface area contributed by atoms with Gasteiger partial charge in [-0.1, -0.05) is 6.07 Å². The molecule has 0 aliphatic heterocycles. The van der Waals surface area contributed by atoms with E-state index in [0.29, 0.717) is 11.1 Å². The Morgan fingerprint density at radius 3 is 2.46 bits per heavy atom. The van der Waals surface area contributed by atoms with Gasteiger partial charge >= 0.3 is 0 Å². The van der Waals surface area contributed by atoms with Crippen LogP contribution in [0.3, 0.4) is 0 Å². The summed E-state index contributed by atoms with van der Waals surface area (Å²) in [5.74, 6) is -0.379. The molecule has 0 saturated carbocycles. The number of nitrogens with two attached hydrogens (primary N) is 1. The molecule has 0 amide bonds. The van der Waals surface area contributed by atoms with Gasteiger partial charge in [0.2, 0.25) is 0 Å². The fourth-order valence-electron chi connectivity index (χ4n) is 1.10. The number of benzene rings is 1. The van der Waals surface area contributed by atoms with Crippen molar-refractivity contribution in [2.75, 3.05) is 0 Å². The van der Waals surface area contributed by atoms with Crippen LogP contribution in [0, 0.1) is 5.82 Å². The summed E-state index contributed by atoms with van der Waals surface area (Å²) in [4.78, 5) is 0. The molecule has 72 valence electrons. The zero-order valence-electron chi connectivity index (χ0n) is 7.77. The van der Waals surface area contributed by atoms with Crippen LogP contribution in [0.5, 0.6) is 0 Å². The highest BCUT2D eigenvalue weighted by Gasteiger charge is 2.19. The molecule has 0 spiro atoms. The maximum Gasteiger partial charge on any atom is 0.130 e. The van der Waals surface area contributed by atoms with Gasteiger partial charge in [-0.3, -0.25) is 0 Å². The highest BCUT2D eigenvalue weighted by Crippen LogP contribution is 2.25. The first-order chi connectivity index (χ1) is 5.95. The summed E-state index contributed by atoms with van der Waals surface area (Å²) in [6, 6.07) is 4.16. The van der Waals surface area contributed by atoms with Crippen LogP contribution in [0.1, 0.15) is 25.0 Å². The van der Waals surface area contributed by atoms with E-state index in [4.69, 9.17) is 5.73 Å². The summed E-state index contributed by atoms with van der Waals surface area (Å²) in [6.07, 6.45) is 0. The zero-order chi connectivity index (χ0) is 10.1. The van der Waals surface area contributed by atoms with Gasteiger partial charge in [-0.05, 0) is 31.5 Å². The van der Waals surface area contributed by atoms with Crippen LogP contribution in [0.4, 0.5) is 8.78 Å². The minimum Gasteiger partial charge on any atom is -0.326 e. The molecule has 0 atom stereocenters. The van der Waals surface area contributed by atoms with Crippen LogP contribution in [-0.2, 0) is 12.2 Å². The molecule has 0 saturated heterocycles. The van der Waals surface area contributed by atoms with Crippen molar-refractivity contribution < 1.29 is 8.78 Å². The van der Waals surface area contributed by atoms with Crippen molar-refractivity contribution in [1.29, 1.82) is 0 Å². The van der Waals surface area contributed by atoms with Gasteiger partial charge in [-0.25, -0.2) is 8.78 Å². The van der Waals surface area contributed by atoms with Gasteiger partial charge in [0.1, 0.15) is 11.5 Å². The first kappa shape index (κ1) is 10.1. The van der Waals surface area contributed by atoms with Crippen molar-refractivity contribution in [3.05, 3.63) is 35.1 Å². The predicted molar refractivity (Wildman–Crippen MR) is 48.4 cm³/mol. The summed E-state index contributed by atoms with van der Waals surface area (Å²) in [5, 5.41) is 0. The Morgan fingerprint density at radius 1 is 1.38 bits per heavy atom. The van der Waals surface area contributed by atoms with Crippen molar-refractivity contribution in [3.63, 3.8) is 0 Å². The van der Waals surface area contributed by atoms with E-state index in [-0.39, 0.29) is 12.4 Å². The Bertz CT molecular complexity index is 302. The Balaban J connectivity index is 3.14. The van der Waals surface area contributed by atoms with Crippen LogP contribution in [0.15, 0.2) is 18.2 Å². The van der Waals surface area contributed by atoms with E-state index >= 15 is 0 Å². The van der Waals surface area contributed by atoms with Gasteiger partial charge in [-0.2, -0.15) is 0 Å². The summed E-state index contributed by atoms with van der Waals surface area (Å²) < 4.78 is 26.4. The Labute approximate surface area is 76.6 Å². The lowest BCUT2D eigenvalue weighted by Crippen LogP contribution is -2.11. The number of alkyl halides is 1. The lowest BCUT2D eigenvalue weighted by Gasteiger charge is -2.15. The van der Waals surface area contributed by atoms with Gasteiger partial charge in [0.25, 0.3) is 0 Å². The fraction of sp³-hybridized carbons (Fsp3) is 0.400. The normalized spacial score (nSPS) is 11.8. The van der Waals surface area contributed by atoms with E-state index in [9.17, 15) is 8.78 Å². The molecule has 2 N–H and O–H groups in total. The summed E-state index contributed by atoms with van der Waals surface area (Å²) in [5.41, 5.74) is 4.66. The highest BCUT2D eigenvalue weighted by atomic mass is 19.1. The molecule has 0 heterocycles. The third-order valence-corrected chi connectivity index (χ3v) is 1.95. The lowest BCUT2D eigenvalue weighted by atomic mass is 9.98. The molecular formula is C10H13F2N. The molecule has 1 aromatic carbocycles. The maximum atomic E-state index is 13.4. The zero-order valence-corrected chi connectivity index (χ0v) is 7.77. The first-order valence-corrected chi connectivity index (χ1v) is 4.13. The van der Waals surface area contributed by atoms with Crippen molar-refractivity contribution in [1.82, 2.24) is 0 Å². The SMILES string of the molecule is CC(C)(F)c1ccc(F)c(CN)c1. The van der Waals surface area contributed by atoms with E-state index in [0.717, 1.165) is 0 Å². The standard InChI is InChI=1S/C10H13F2N/c1-10(2,12)8-3-4-9(11)7(5-8)6-13/h3-5H,6,13H2,1-2H3. The number of rotatable bonds is 2. The second-order valence-corrected chi connectivity index (χ2v) is 3.48. The van der Waals surface area contributed by atoms with Crippen LogP contribution < -0.4 is 5.73 Å². The second-order valence-electron chi connectivity index (χ2n) is 3.48. The molecule has 0 radical (unpaired) electrons. The van der Waals surface area contributed by atoms with Crippen molar-refractivity contribution >= 4 is 0 Å². The summed E-state index contributed by atoms with van der Waals surface area (Å²) >= 11 is 0. The van der Waals surface area contributed by atoms with E-state index < -0.39 is 5.67 Å². The lowest BCUT2D eigenvalue weighted by molar-refractivity contribution is 0.221. The predicted octanol–water partition coefficient (Wildman–Crippen LogP) is 2.49. The molecule has 0 aliphatic carbocycles. The van der Waals surface area contributed by atoms with Gasteiger partial charge in [0.15, 0.2) is 0 Å². The fourth-order valence-corrected chi connectivity index (χ4v) is 1.10. The molecule has 1 rings (SSSR count). The second kappa shape index (κ2) is 3.42. The van der Waals surface area contributed by atoms with Crippen LogP contribution in [0.25, 0.3) is 0 Å². The van der Waals surface area contributed by atoms with Crippen molar-refractivity contribution in [2.24, 2.45) is 5.73 Å². The van der Waals surface area contributed by atoms with E-state index in [1.54, 1.807) is 0 Å².